The Balaban J connectivity index is 1.55. The van der Waals surface area contributed by atoms with E-state index < -0.39 is 0 Å². The zero-order chi connectivity index (χ0) is 17.6. The number of carbonyl (C=O) groups excluding carboxylic acids is 2. The number of benzene rings is 2. The highest BCUT2D eigenvalue weighted by Crippen LogP contribution is 2.27. The minimum Gasteiger partial charge on any atom is -0.497 e. The van der Waals surface area contributed by atoms with Gasteiger partial charge in [0.15, 0.2) is 0 Å². The highest BCUT2D eigenvalue weighted by atomic mass is 16.5. The van der Waals surface area contributed by atoms with Crippen LogP contribution in [0.25, 0.3) is 0 Å². The normalized spacial score (nSPS) is 16.8. The second-order valence-corrected chi connectivity index (χ2v) is 6.13. The minimum atomic E-state index is -0.311. The first-order valence-electron chi connectivity index (χ1n) is 8.43. The molecule has 2 amide bonds. The van der Waals surface area contributed by atoms with Gasteiger partial charge in [-0.05, 0) is 24.1 Å². The van der Waals surface area contributed by atoms with E-state index in [0.29, 0.717) is 18.8 Å². The molecule has 1 heterocycles. The van der Waals surface area contributed by atoms with Crippen molar-refractivity contribution in [3.8, 4) is 5.75 Å². The van der Waals surface area contributed by atoms with E-state index in [9.17, 15) is 9.59 Å². The van der Waals surface area contributed by atoms with E-state index >= 15 is 0 Å². The number of methoxy groups -OCH3 is 1. The van der Waals surface area contributed by atoms with E-state index in [1.54, 1.807) is 12.0 Å². The summed E-state index contributed by atoms with van der Waals surface area (Å²) in [6.07, 6.45) is 1.03. The predicted octanol–water partition coefficient (Wildman–Crippen LogP) is 2.41. The van der Waals surface area contributed by atoms with E-state index in [-0.39, 0.29) is 24.2 Å². The molecule has 1 aliphatic rings. The maximum absolute atomic E-state index is 12.4. The molecule has 5 heteroatoms. The van der Waals surface area contributed by atoms with Crippen LogP contribution >= 0.6 is 0 Å². The lowest BCUT2D eigenvalue weighted by atomic mass is 10.1. The number of hydrogen-bond donors (Lipinski definition) is 1. The molecule has 1 saturated heterocycles. The summed E-state index contributed by atoms with van der Waals surface area (Å²) < 4.78 is 5.20. The molecule has 0 aromatic heterocycles. The average Bonchev–Trinajstić information content (AvgIpc) is 3.04. The van der Waals surface area contributed by atoms with Gasteiger partial charge in [-0.15, -0.1) is 0 Å². The second kappa shape index (κ2) is 7.83. The minimum absolute atomic E-state index is 0.0311. The summed E-state index contributed by atoms with van der Waals surface area (Å²) in [6, 6.07) is 17.4. The molecule has 0 radical (unpaired) electrons. The van der Waals surface area contributed by atoms with Crippen molar-refractivity contribution in [2.45, 2.75) is 12.8 Å². The quantitative estimate of drug-likeness (QED) is 0.880. The molecular weight excluding hydrogens is 316 g/mol. The third kappa shape index (κ3) is 4.18. The van der Waals surface area contributed by atoms with Crippen LogP contribution < -0.4 is 15.0 Å². The summed E-state index contributed by atoms with van der Waals surface area (Å²) in [4.78, 5) is 26.3. The van der Waals surface area contributed by atoms with E-state index in [4.69, 9.17) is 4.74 Å². The second-order valence-electron chi connectivity index (χ2n) is 6.13. The maximum Gasteiger partial charge on any atom is 0.227 e. The van der Waals surface area contributed by atoms with Gasteiger partial charge in [0.1, 0.15) is 5.75 Å². The predicted molar refractivity (Wildman–Crippen MR) is 96.6 cm³/mol. The van der Waals surface area contributed by atoms with Crippen molar-refractivity contribution >= 4 is 17.5 Å². The van der Waals surface area contributed by atoms with Gasteiger partial charge < -0.3 is 15.0 Å². The van der Waals surface area contributed by atoms with Crippen molar-refractivity contribution in [1.29, 1.82) is 0 Å². The van der Waals surface area contributed by atoms with Gasteiger partial charge in [0.05, 0.1) is 13.0 Å². The van der Waals surface area contributed by atoms with E-state index in [1.165, 1.54) is 5.56 Å². The SMILES string of the molecule is COc1cccc(N2C[C@H](C(=O)NCCc3ccccc3)CC2=O)c1. The zero-order valence-electron chi connectivity index (χ0n) is 14.3. The van der Waals surface area contributed by atoms with Crippen molar-refractivity contribution < 1.29 is 14.3 Å². The highest BCUT2D eigenvalue weighted by Gasteiger charge is 2.35. The number of anilines is 1. The first-order valence-corrected chi connectivity index (χ1v) is 8.43. The lowest BCUT2D eigenvalue weighted by molar-refractivity contribution is -0.126. The van der Waals surface area contributed by atoms with Crippen LogP contribution in [-0.4, -0.2) is 32.0 Å². The fourth-order valence-electron chi connectivity index (χ4n) is 3.03. The average molecular weight is 338 g/mol. The van der Waals surface area contributed by atoms with Crippen LogP contribution in [0.1, 0.15) is 12.0 Å². The number of nitrogens with zero attached hydrogens (tertiary/aromatic N) is 1. The molecule has 25 heavy (non-hydrogen) atoms. The molecule has 1 fully saturated rings. The van der Waals surface area contributed by atoms with Crippen molar-refractivity contribution in [2.24, 2.45) is 5.92 Å². The molecule has 0 unspecified atom stereocenters. The van der Waals surface area contributed by atoms with Gasteiger partial charge in [-0.3, -0.25) is 9.59 Å². The highest BCUT2D eigenvalue weighted by molar-refractivity contribution is 6.00. The summed E-state index contributed by atoms with van der Waals surface area (Å²) in [7, 11) is 1.59. The fourth-order valence-corrected chi connectivity index (χ4v) is 3.03. The number of carbonyl (C=O) groups is 2. The Bertz CT molecular complexity index is 746. The smallest absolute Gasteiger partial charge is 0.227 e. The first-order chi connectivity index (χ1) is 12.2. The van der Waals surface area contributed by atoms with E-state index in [2.05, 4.69) is 5.32 Å². The molecule has 130 valence electrons. The molecule has 3 rings (SSSR count). The van der Waals surface area contributed by atoms with Crippen LogP contribution in [0.2, 0.25) is 0 Å². The third-order valence-corrected chi connectivity index (χ3v) is 4.42. The standard InChI is InChI=1S/C20H22N2O3/c1-25-18-9-5-8-17(13-18)22-14-16(12-19(22)23)20(24)21-11-10-15-6-3-2-4-7-15/h2-9,13,16H,10-12,14H2,1H3,(H,21,24)/t16-/m1/s1. The van der Waals surface area contributed by atoms with Crippen LogP contribution in [-0.2, 0) is 16.0 Å². The molecule has 0 spiro atoms. The van der Waals surface area contributed by atoms with E-state index in [1.807, 2.05) is 54.6 Å². The van der Waals surface area contributed by atoms with Gasteiger partial charge in [0.2, 0.25) is 11.8 Å². The van der Waals surface area contributed by atoms with Gasteiger partial charge >= 0.3 is 0 Å². The zero-order valence-corrected chi connectivity index (χ0v) is 14.3. The van der Waals surface area contributed by atoms with Crippen molar-refractivity contribution in [3.05, 3.63) is 60.2 Å². The van der Waals surface area contributed by atoms with E-state index in [0.717, 1.165) is 12.1 Å². The first kappa shape index (κ1) is 17.0. The Labute approximate surface area is 147 Å². The Hall–Kier alpha value is -2.82. The van der Waals surface area contributed by atoms with Gasteiger partial charge in [-0.2, -0.15) is 0 Å². The van der Waals surface area contributed by atoms with Crippen molar-refractivity contribution in [1.82, 2.24) is 5.32 Å². The summed E-state index contributed by atoms with van der Waals surface area (Å²) in [5.74, 6) is 0.293. The molecule has 2 aromatic rings. The topological polar surface area (TPSA) is 58.6 Å². The third-order valence-electron chi connectivity index (χ3n) is 4.42. The summed E-state index contributed by atoms with van der Waals surface area (Å²) in [6.45, 7) is 0.982. The fraction of sp³-hybridized carbons (Fsp3) is 0.300. The largest absolute Gasteiger partial charge is 0.497 e. The molecule has 0 saturated carbocycles. The lowest BCUT2D eigenvalue weighted by Crippen LogP contribution is -2.34. The van der Waals surface area contributed by atoms with Crippen LogP contribution in [0.4, 0.5) is 5.69 Å². The van der Waals surface area contributed by atoms with Gasteiger partial charge in [-0.1, -0.05) is 36.4 Å². The Kier molecular flexibility index (Phi) is 5.33. The molecule has 2 aromatic carbocycles. The summed E-state index contributed by atoms with van der Waals surface area (Å²) in [5.41, 5.74) is 1.95. The van der Waals surface area contributed by atoms with Crippen LogP contribution in [0.15, 0.2) is 54.6 Å². The molecule has 1 atom stereocenters. The van der Waals surface area contributed by atoms with Crippen molar-refractivity contribution in [3.63, 3.8) is 0 Å². The Morgan fingerprint density at radius 1 is 1.20 bits per heavy atom. The van der Waals surface area contributed by atoms with Gasteiger partial charge in [0.25, 0.3) is 0 Å². The summed E-state index contributed by atoms with van der Waals surface area (Å²) in [5, 5.41) is 2.95. The van der Waals surface area contributed by atoms with Gasteiger partial charge in [0, 0.05) is 31.3 Å². The van der Waals surface area contributed by atoms with Crippen LogP contribution in [0.5, 0.6) is 5.75 Å². The number of rotatable bonds is 6. The number of ether oxygens (including phenoxy) is 1. The molecular formula is C20H22N2O3. The van der Waals surface area contributed by atoms with Crippen LogP contribution in [0, 0.1) is 5.92 Å². The lowest BCUT2D eigenvalue weighted by Gasteiger charge is -2.17. The maximum atomic E-state index is 12.4. The number of hydrogen-bond acceptors (Lipinski definition) is 3. The molecule has 1 aliphatic heterocycles. The van der Waals surface area contributed by atoms with Gasteiger partial charge in [-0.25, -0.2) is 0 Å². The molecule has 5 nitrogen and oxygen atoms in total. The Morgan fingerprint density at radius 2 is 2.00 bits per heavy atom. The van der Waals surface area contributed by atoms with Crippen LogP contribution in [0.3, 0.4) is 0 Å². The monoisotopic (exact) mass is 338 g/mol. The molecule has 0 aliphatic carbocycles. The summed E-state index contributed by atoms with van der Waals surface area (Å²) >= 11 is 0. The Morgan fingerprint density at radius 3 is 2.76 bits per heavy atom. The molecule has 1 N–H and O–H groups in total. The number of amides is 2. The number of nitrogens with one attached hydrogen (secondary N) is 1. The van der Waals surface area contributed by atoms with Crippen molar-refractivity contribution in [2.75, 3.05) is 25.1 Å². The molecule has 0 bridgehead atoms.